The molecule has 0 heterocycles. The van der Waals surface area contributed by atoms with Gasteiger partial charge in [0, 0.05) is 0 Å². The summed E-state index contributed by atoms with van der Waals surface area (Å²) in [5.74, 6) is 0.767. The standard InChI is InChI=1S/C16H25FO/c1-4-6-8-13(7-5-2)11-14-9-10-16(18-3)15(17)12-14/h9-10,12-13H,4-8,11H2,1-3H3. The highest BCUT2D eigenvalue weighted by Crippen LogP contribution is 2.23. The van der Waals surface area contributed by atoms with E-state index >= 15 is 0 Å². The lowest BCUT2D eigenvalue weighted by Gasteiger charge is -2.16. The molecule has 0 aliphatic carbocycles. The van der Waals surface area contributed by atoms with Crippen LogP contribution in [0.1, 0.15) is 51.5 Å². The number of methoxy groups -OCH3 is 1. The molecule has 102 valence electrons. The van der Waals surface area contributed by atoms with Crippen LogP contribution < -0.4 is 4.74 Å². The maximum atomic E-state index is 13.6. The van der Waals surface area contributed by atoms with E-state index in [1.54, 1.807) is 12.1 Å². The molecule has 18 heavy (non-hydrogen) atoms. The average molecular weight is 252 g/mol. The fraction of sp³-hybridized carbons (Fsp3) is 0.625. The van der Waals surface area contributed by atoms with Crippen molar-refractivity contribution in [1.82, 2.24) is 0 Å². The zero-order valence-corrected chi connectivity index (χ0v) is 11.8. The predicted molar refractivity (Wildman–Crippen MR) is 74.6 cm³/mol. The Balaban J connectivity index is 2.64. The van der Waals surface area contributed by atoms with Crippen LogP contribution in [0.3, 0.4) is 0 Å². The second kappa shape index (κ2) is 8.12. The topological polar surface area (TPSA) is 9.23 Å². The van der Waals surface area contributed by atoms with Gasteiger partial charge in [-0.25, -0.2) is 4.39 Å². The summed E-state index contributed by atoms with van der Waals surface area (Å²) < 4.78 is 18.6. The highest BCUT2D eigenvalue weighted by Gasteiger charge is 2.10. The quantitative estimate of drug-likeness (QED) is 0.633. The van der Waals surface area contributed by atoms with Crippen molar-refractivity contribution in [3.63, 3.8) is 0 Å². The van der Waals surface area contributed by atoms with Crippen LogP contribution in [0.4, 0.5) is 4.39 Å². The molecule has 0 amide bonds. The second-order valence-corrected chi connectivity index (χ2v) is 4.97. The third kappa shape index (κ3) is 4.67. The Morgan fingerprint density at radius 1 is 1.17 bits per heavy atom. The van der Waals surface area contributed by atoms with Gasteiger partial charge in [0.1, 0.15) is 0 Å². The number of hydrogen-bond donors (Lipinski definition) is 0. The van der Waals surface area contributed by atoms with Crippen LogP contribution in [0.15, 0.2) is 18.2 Å². The van der Waals surface area contributed by atoms with Crippen LogP contribution in [0.2, 0.25) is 0 Å². The predicted octanol–water partition coefficient (Wildman–Crippen LogP) is 4.98. The molecule has 1 nitrogen and oxygen atoms in total. The molecule has 0 saturated carbocycles. The molecule has 0 saturated heterocycles. The first-order chi connectivity index (χ1) is 8.71. The summed E-state index contributed by atoms with van der Waals surface area (Å²) >= 11 is 0. The fourth-order valence-corrected chi connectivity index (χ4v) is 2.42. The summed E-state index contributed by atoms with van der Waals surface area (Å²) in [6.45, 7) is 4.43. The van der Waals surface area contributed by atoms with Gasteiger partial charge in [-0.1, -0.05) is 52.0 Å². The number of rotatable bonds is 8. The van der Waals surface area contributed by atoms with E-state index in [0.717, 1.165) is 12.0 Å². The van der Waals surface area contributed by atoms with Crippen LogP contribution in [-0.4, -0.2) is 7.11 Å². The maximum absolute atomic E-state index is 13.6. The molecule has 1 unspecified atom stereocenters. The van der Waals surface area contributed by atoms with Crippen molar-refractivity contribution in [2.24, 2.45) is 5.92 Å². The van der Waals surface area contributed by atoms with Crippen molar-refractivity contribution in [1.29, 1.82) is 0 Å². The van der Waals surface area contributed by atoms with Gasteiger partial charge in [0.2, 0.25) is 0 Å². The molecule has 1 aromatic rings. The van der Waals surface area contributed by atoms with Crippen molar-refractivity contribution in [2.45, 2.75) is 52.4 Å². The normalized spacial score (nSPS) is 12.4. The van der Waals surface area contributed by atoms with E-state index in [9.17, 15) is 4.39 Å². The van der Waals surface area contributed by atoms with Gasteiger partial charge in [-0.05, 0) is 30.0 Å². The number of halogens is 1. The van der Waals surface area contributed by atoms with Crippen molar-refractivity contribution in [3.05, 3.63) is 29.6 Å². The van der Waals surface area contributed by atoms with E-state index in [4.69, 9.17) is 4.74 Å². The first kappa shape index (κ1) is 15.0. The van der Waals surface area contributed by atoms with Gasteiger partial charge in [0.05, 0.1) is 7.11 Å². The van der Waals surface area contributed by atoms with Gasteiger partial charge in [-0.3, -0.25) is 0 Å². The number of unbranched alkanes of at least 4 members (excludes halogenated alkanes) is 1. The molecule has 0 spiro atoms. The van der Waals surface area contributed by atoms with Crippen LogP contribution in [0.5, 0.6) is 5.75 Å². The lowest BCUT2D eigenvalue weighted by molar-refractivity contribution is 0.384. The molecule has 1 rings (SSSR count). The van der Waals surface area contributed by atoms with Crippen molar-refractivity contribution in [3.8, 4) is 5.75 Å². The Morgan fingerprint density at radius 3 is 2.50 bits per heavy atom. The number of benzene rings is 1. The zero-order chi connectivity index (χ0) is 13.4. The van der Waals surface area contributed by atoms with E-state index < -0.39 is 0 Å². The first-order valence-electron chi connectivity index (χ1n) is 7.03. The van der Waals surface area contributed by atoms with Crippen LogP contribution in [-0.2, 0) is 6.42 Å². The van der Waals surface area contributed by atoms with Crippen molar-refractivity contribution in [2.75, 3.05) is 7.11 Å². The molecular weight excluding hydrogens is 227 g/mol. The molecule has 0 fully saturated rings. The Morgan fingerprint density at radius 2 is 1.94 bits per heavy atom. The Labute approximate surface area is 110 Å². The second-order valence-electron chi connectivity index (χ2n) is 4.97. The molecule has 0 N–H and O–H groups in total. The minimum atomic E-state index is -0.249. The number of hydrogen-bond acceptors (Lipinski definition) is 1. The molecule has 1 atom stereocenters. The van der Waals surface area contributed by atoms with E-state index in [0.29, 0.717) is 11.7 Å². The Hall–Kier alpha value is -1.05. The SMILES string of the molecule is CCCCC(CCC)Cc1ccc(OC)c(F)c1. The smallest absolute Gasteiger partial charge is 0.165 e. The Bertz CT molecular complexity index is 349. The molecule has 2 heteroatoms. The minimum Gasteiger partial charge on any atom is -0.494 e. The summed E-state index contributed by atoms with van der Waals surface area (Å²) in [6.07, 6.45) is 7.16. The largest absolute Gasteiger partial charge is 0.494 e. The molecule has 0 aliphatic rings. The molecule has 0 radical (unpaired) electrons. The summed E-state index contributed by atoms with van der Waals surface area (Å²) in [4.78, 5) is 0. The van der Waals surface area contributed by atoms with Gasteiger partial charge in [0.25, 0.3) is 0 Å². The summed E-state index contributed by atoms with van der Waals surface area (Å²) in [5, 5.41) is 0. The van der Waals surface area contributed by atoms with Gasteiger partial charge < -0.3 is 4.74 Å². The van der Waals surface area contributed by atoms with Gasteiger partial charge >= 0.3 is 0 Å². The van der Waals surface area contributed by atoms with Crippen LogP contribution in [0.25, 0.3) is 0 Å². The lowest BCUT2D eigenvalue weighted by atomic mass is 9.90. The van der Waals surface area contributed by atoms with Gasteiger partial charge in [-0.15, -0.1) is 0 Å². The molecule has 0 aliphatic heterocycles. The van der Waals surface area contributed by atoms with E-state index in [2.05, 4.69) is 13.8 Å². The van der Waals surface area contributed by atoms with Crippen LogP contribution >= 0.6 is 0 Å². The summed E-state index contributed by atoms with van der Waals surface area (Å²) in [5.41, 5.74) is 1.09. The monoisotopic (exact) mass is 252 g/mol. The molecule has 1 aromatic carbocycles. The highest BCUT2D eigenvalue weighted by atomic mass is 19.1. The van der Waals surface area contributed by atoms with Gasteiger partial charge in [0.15, 0.2) is 11.6 Å². The highest BCUT2D eigenvalue weighted by molar-refractivity contribution is 5.29. The van der Waals surface area contributed by atoms with Crippen molar-refractivity contribution < 1.29 is 9.13 Å². The third-order valence-electron chi connectivity index (χ3n) is 3.40. The fourth-order valence-electron chi connectivity index (χ4n) is 2.42. The third-order valence-corrected chi connectivity index (χ3v) is 3.40. The maximum Gasteiger partial charge on any atom is 0.165 e. The lowest BCUT2D eigenvalue weighted by Crippen LogP contribution is -2.05. The summed E-state index contributed by atoms with van der Waals surface area (Å²) in [6, 6.07) is 5.33. The minimum absolute atomic E-state index is 0.249. The van der Waals surface area contributed by atoms with E-state index in [1.807, 2.05) is 6.07 Å². The van der Waals surface area contributed by atoms with Gasteiger partial charge in [-0.2, -0.15) is 0 Å². The Kier molecular flexibility index (Phi) is 6.77. The molecule has 0 bridgehead atoms. The zero-order valence-electron chi connectivity index (χ0n) is 11.8. The van der Waals surface area contributed by atoms with Crippen LogP contribution in [0, 0.1) is 11.7 Å². The molecule has 0 aromatic heterocycles. The number of ether oxygens (including phenoxy) is 1. The average Bonchev–Trinajstić information content (AvgIpc) is 2.36. The van der Waals surface area contributed by atoms with E-state index in [-0.39, 0.29) is 5.82 Å². The summed E-state index contributed by atoms with van der Waals surface area (Å²) in [7, 11) is 1.50. The first-order valence-corrected chi connectivity index (χ1v) is 7.03. The van der Waals surface area contributed by atoms with E-state index in [1.165, 1.54) is 39.2 Å². The van der Waals surface area contributed by atoms with Crippen molar-refractivity contribution >= 4 is 0 Å². The molecular formula is C16H25FO.